The molecule has 0 spiro atoms. The molecule has 4 aliphatic heterocycles. The lowest BCUT2D eigenvalue weighted by Crippen LogP contribution is -2.48. The number of amides is 2. The lowest BCUT2D eigenvalue weighted by atomic mass is 10.1. The van der Waals surface area contributed by atoms with Crippen molar-refractivity contribution in [3.63, 3.8) is 0 Å². The number of pyridine rings is 4. The topological polar surface area (TPSA) is 180 Å². The summed E-state index contributed by atoms with van der Waals surface area (Å²) >= 11 is 0. The molecule has 2 saturated heterocycles. The Labute approximate surface area is 312 Å². The first-order valence-corrected chi connectivity index (χ1v) is 17.9. The third-order valence-electron chi connectivity index (χ3n) is 9.69. The molecule has 4 aliphatic rings. The van der Waals surface area contributed by atoms with Gasteiger partial charge in [-0.2, -0.15) is 0 Å². The van der Waals surface area contributed by atoms with Gasteiger partial charge in [0.05, 0.1) is 65.0 Å². The van der Waals surface area contributed by atoms with Crippen LogP contribution in [0.1, 0.15) is 24.2 Å². The number of hydrogen-bond donors (Lipinski definition) is 3. The van der Waals surface area contributed by atoms with Crippen LogP contribution in [0.4, 0.5) is 39.2 Å². The van der Waals surface area contributed by atoms with Gasteiger partial charge in [-0.3, -0.25) is 14.9 Å². The highest BCUT2D eigenvalue weighted by molar-refractivity contribution is 6.04. The second-order valence-corrected chi connectivity index (χ2v) is 13.5. The van der Waals surface area contributed by atoms with Gasteiger partial charge >= 0.3 is 6.03 Å². The highest BCUT2D eigenvalue weighted by atomic mass is 16.2. The second-order valence-electron chi connectivity index (χ2n) is 13.5. The summed E-state index contributed by atoms with van der Waals surface area (Å²) in [4.78, 5) is 53.0. The van der Waals surface area contributed by atoms with Crippen molar-refractivity contribution in [2.24, 2.45) is 0 Å². The van der Waals surface area contributed by atoms with E-state index in [2.05, 4.69) is 74.6 Å². The second kappa shape index (κ2) is 15.1. The maximum atomic E-state index is 13.1. The fourth-order valence-electron chi connectivity index (χ4n) is 7.16. The number of aryl methyl sites for hydroxylation is 2. The number of anilines is 6. The van der Waals surface area contributed by atoms with Crippen molar-refractivity contribution < 1.29 is 4.79 Å². The first-order chi connectivity index (χ1) is 26.4. The number of nitrogens with one attached hydrogen (secondary N) is 2. The number of urea groups is 1. The zero-order valence-electron chi connectivity index (χ0n) is 30.0. The van der Waals surface area contributed by atoms with Gasteiger partial charge in [0.25, 0.3) is 0 Å². The summed E-state index contributed by atoms with van der Waals surface area (Å²) in [7, 11) is 0. The molecule has 15 nitrogen and oxygen atoms in total. The van der Waals surface area contributed by atoms with E-state index >= 15 is 0 Å². The summed E-state index contributed by atoms with van der Waals surface area (Å²) in [6.45, 7) is 7.95. The molecule has 54 heavy (non-hydrogen) atoms. The number of carbonyl (C=O) groups is 1. The average molecular weight is 721 g/mol. The van der Waals surface area contributed by atoms with Crippen molar-refractivity contribution in [3.8, 4) is 22.5 Å². The Morgan fingerprint density at radius 2 is 1.37 bits per heavy atom. The standard InChI is InChI=1S/C20H19N7O.C15H16N4.C4H5N3/c1-13-8-14(4-6-23-13)17-2-3-18-19(25-17)27(16-5-7-26(18)11-16)20(28)24-15-9-21-12-22-10-15;1-10-8-11(4-6-16-10)13-2-3-14-15(18-13)17-12-5-7-19(14)9-12;5-4-1-6-3-7-2-4/h2-4,6,8-10,12,16H,5,7,11H2,1H3,(H,24,28);2-4,6,8,12H,5,7,9H2,1H3,(H,17,18);1-3H,5H2/t16-;12-;/m00./s1. The molecule has 0 unspecified atom stereocenters. The van der Waals surface area contributed by atoms with Crippen LogP contribution in [-0.4, -0.2) is 84.2 Å². The quantitative estimate of drug-likeness (QED) is 0.212. The van der Waals surface area contributed by atoms with E-state index in [0.717, 1.165) is 78.0 Å². The van der Waals surface area contributed by atoms with Crippen molar-refractivity contribution >= 4 is 40.4 Å². The van der Waals surface area contributed by atoms with Crippen LogP contribution in [0.2, 0.25) is 0 Å². The zero-order valence-corrected chi connectivity index (χ0v) is 30.0. The van der Waals surface area contributed by atoms with E-state index in [4.69, 9.17) is 15.7 Å². The van der Waals surface area contributed by atoms with Crippen molar-refractivity contribution in [2.45, 2.75) is 38.8 Å². The molecule has 2 amide bonds. The van der Waals surface area contributed by atoms with Crippen LogP contribution in [0, 0.1) is 13.8 Å². The Kier molecular flexibility index (Phi) is 9.58. The van der Waals surface area contributed by atoms with Crippen molar-refractivity contribution in [1.82, 2.24) is 39.9 Å². The summed E-state index contributed by atoms with van der Waals surface area (Å²) in [5.74, 6) is 1.72. The minimum atomic E-state index is -0.210. The van der Waals surface area contributed by atoms with Crippen molar-refractivity contribution in [1.29, 1.82) is 0 Å². The number of fused-ring (bicyclic) bond motifs is 8. The Hall–Kier alpha value is -6.77. The molecule has 2 fully saturated rings. The molecule has 0 aromatic carbocycles. The number of carbonyl (C=O) groups excluding carboxylic acids is 1. The first kappa shape index (κ1) is 34.3. The summed E-state index contributed by atoms with van der Waals surface area (Å²) in [6, 6.07) is 16.8. The Morgan fingerprint density at radius 3 is 2.02 bits per heavy atom. The number of nitrogen functional groups attached to an aromatic ring is 1. The molecule has 4 N–H and O–H groups in total. The largest absolute Gasteiger partial charge is 0.396 e. The molecule has 0 radical (unpaired) electrons. The minimum Gasteiger partial charge on any atom is -0.396 e. The fourth-order valence-corrected chi connectivity index (χ4v) is 7.16. The van der Waals surface area contributed by atoms with Gasteiger partial charge in [-0.25, -0.2) is 34.7 Å². The monoisotopic (exact) mass is 720 g/mol. The molecular weight excluding hydrogens is 681 g/mol. The van der Waals surface area contributed by atoms with Crippen molar-refractivity contribution in [3.05, 3.63) is 110 Å². The summed E-state index contributed by atoms with van der Waals surface area (Å²) < 4.78 is 0. The smallest absolute Gasteiger partial charge is 0.327 e. The highest BCUT2D eigenvalue weighted by Crippen LogP contribution is 2.40. The molecule has 6 aromatic heterocycles. The summed E-state index contributed by atoms with van der Waals surface area (Å²) in [6.07, 6.45) is 14.9. The SMILES string of the molecule is Cc1cc(-c2ccc3c(n2)N(C(=O)Nc2cncnc2)[C@H]2CCN3C2)ccn1.Cc1cc(-c2ccc3c(n2)N[C@H]2CCN3C2)ccn1.Nc1cncnc1. The highest BCUT2D eigenvalue weighted by Gasteiger charge is 2.40. The molecule has 272 valence electrons. The average Bonchev–Trinajstić information content (AvgIpc) is 3.80. The van der Waals surface area contributed by atoms with Crippen LogP contribution < -0.4 is 31.1 Å². The summed E-state index contributed by atoms with van der Waals surface area (Å²) in [5.41, 5.74) is 14.5. The number of hydrogen-bond acceptors (Lipinski definition) is 13. The minimum absolute atomic E-state index is 0.0963. The number of nitrogens with zero attached hydrogens (tertiary/aromatic N) is 11. The maximum Gasteiger partial charge on any atom is 0.327 e. The molecule has 15 heteroatoms. The van der Waals surface area contributed by atoms with Crippen LogP contribution >= 0.6 is 0 Å². The molecular formula is C39H40N14O. The van der Waals surface area contributed by atoms with Gasteiger partial charge in [-0.1, -0.05) is 0 Å². The molecule has 6 aromatic rings. The Bertz CT molecular complexity index is 2260. The van der Waals surface area contributed by atoms with Crippen LogP contribution in [0.5, 0.6) is 0 Å². The van der Waals surface area contributed by atoms with Gasteiger partial charge in [0.2, 0.25) is 0 Å². The maximum absolute atomic E-state index is 13.1. The van der Waals surface area contributed by atoms with Gasteiger partial charge in [0, 0.05) is 67.1 Å². The van der Waals surface area contributed by atoms with Gasteiger partial charge in [0.15, 0.2) is 11.6 Å². The molecule has 4 bridgehead atoms. The zero-order chi connectivity index (χ0) is 37.0. The van der Waals surface area contributed by atoms with E-state index in [9.17, 15) is 4.79 Å². The number of nitrogens with two attached hydrogens (primary N) is 1. The van der Waals surface area contributed by atoms with Crippen LogP contribution in [0.25, 0.3) is 22.5 Å². The van der Waals surface area contributed by atoms with E-state index in [0.29, 0.717) is 23.2 Å². The molecule has 2 atom stereocenters. The van der Waals surface area contributed by atoms with E-state index in [-0.39, 0.29) is 12.1 Å². The van der Waals surface area contributed by atoms with E-state index in [1.54, 1.807) is 35.9 Å². The van der Waals surface area contributed by atoms with Crippen LogP contribution in [0.3, 0.4) is 0 Å². The predicted molar refractivity (Wildman–Crippen MR) is 209 cm³/mol. The third kappa shape index (κ3) is 7.42. The van der Waals surface area contributed by atoms with E-state index in [1.807, 2.05) is 44.3 Å². The summed E-state index contributed by atoms with van der Waals surface area (Å²) in [5, 5.41) is 6.44. The molecule has 0 saturated carbocycles. The van der Waals surface area contributed by atoms with Gasteiger partial charge in [0.1, 0.15) is 12.7 Å². The van der Waals surface area contributed by atoms with Crippen LogP contribution in [0.15, 0.2) is 98.4 Å². The third-order valence-corrected chi connectivity index (χ3v) is 9.69. The van der Waals surface area contributed by atoms with Gasteiger partial charge in [-0.05, 0) is 75.2 Å². The molecule has 10 heterocycles. The van der Waals surface area contributed by atoms with E-state index < -0.39 is 0 Å². The molecule has 10 rings (SSSR count). The molecule has 0 aliphatic carbocycles. The van der Waals surface area contributed by atoms with Crippen LogP contribution in [-0.2, 0) is 0 Å². The Balaban J connectivity index is 0.000000136. The lowest BCUT2D eigenvalue weighted by molar-refractivity contribution is 0.255. The van der Waals surface area contributed by atoms with Crippen molar-refractivity contribution in [2.75, 3.05) is 57.2 Å². The van der Waals surface area contributed by atoms with Gasteiger partial charge < -0.3 is 26.2 Å². The number of rotatable bonds is 3. The number of aromatic nitrogens is 8. The van der Waals surface area contributed by atoms with Gasteiger partial charge in [-0.15, -0.1) is 0 Å². The normalized spacial score (nSPS) is 17.2. The first-order valence-electron chi connectivity index (χ1n) is 17.9. The van der Waals surface area contributed by atoms with E-state index in [1.165, 1.54) is 24.8 Å². The fraction of sp³-hybridized carbons (Fsp3) is 0.256. The predicted octanol–water partition coefficient (Wildman–Crippen LogP) is 5.39. The Morgan fingerprint density at radius 1 is 0.759 bits per heavy atom. The lowest BCUT2D eigenvalue weighted by Gasteiger charge is -2.35.